The molecule has 1 amide bonds. The molecule has 0 radical (unpaired) electrons. The summed E-state index contributed by atoms with van der Waals surface area (Å²) in [7, 11) is 0. The second kappa shape index (κ2) is 8.01. The normalized spacial score (nSPS) is 16.7. The molecule has 0 aliphatic heterocycles. The Morgan fingerprint density at radius 3 is 2.53 bits per heavy atom. The first-order valence-corrected chi connectivity index (χ1v) is 7.37. The van der Waals surface area contributed by atoms with Crippen LogP contribution in [0.3, 0.4) is 0 Å². The monoisotopic (exact) mass is 311 g/mol. The number of hydrogen-bond donors (Lipinski definition) is 0. The number of carbonyl (C=O) groups excluding carboxylic acids is 1. The number of rotatable bonds is 7. The van der Waals surface area contributed by atoms with E-state index in [1.807, 2.05) is 0 Å². The van der Waals surface area contributed by atoms with Gasteiger partial charge in [-0.25, -0.2) is 8.78 Å². The highest BCUT2D eigenvalue weighted by molar-refractivity contribution is 9.09. The van der Waals surface area contributed by atoms with Crippen molar-refractivity contribution in [3.05, 3.63) is 0 Å². The van der Waals surface area contributed by atoms with Crippen LogP contribution in [0.15, 0.2) is 0 Å². The topological polar surface area (TPSA) is 20.3 Å². The Balaban J connectivity index is 2.30. The van der Waals surface area contributed by atoms with E-state index in [1.165, 1.54) is 30.6 Å². The van der Waals surface area contributed by atoms with Gasteiger partial charge in [-0.3, -0.25) is 4.79 Å². The molecule has 0 aromatic carbocycles. The lowest BCUT2D eigenvalue weighted by molar-refractivity contribution is -0.133. The van der Waals surface area contributed by atoms with Crippen LogP contribution in [0.2, 0.25) is 0 Å². The predicted octanol–water partition coefficient (Wildman–Crippen LogP) is 3.45. The van der Waals surface area contributed by atoms with Crippen LogP contribution in [-0.2, 0) is 4.79 Å². The smallest absolute Gasteiger partial charge is 0.255 e. The van der Waals surface area contributed by atoms with Gasteiger partial charge in [-0.2, -0.15) is 0 Å². The molecular formula is C12H20BrF2NO. The first kappa shape index (κ1) is 14.9. The third-order valence-electron chi connectivity index (χ3n) is 3.31. The van der Waals surface area contributed by atoms with E-state index < -0.39 is 13.0 Å². The van der Waals surface area contributed by atoms with Crippen LogP contribution in [-0.4, -0.2) is 35.7 Å². The van der Waals surface area contributed by atoms with Gasteiger partial charge < -0.3 is 4.90 Å². The Morgan fingerprint density at radius 1 is 1.35 bits per heavy atom. The largest absolute Gasteiger partial charge is 0.336 e. The molecule has 1 aliphatic carbocycles. The number of nitrogens with zero attached hydrogens (tertiary/aromatic N) is 1. The molecule has 1 rings (SSSR count). The van der Waals surface area contributed by atoms with Crippen molar-refractivity contribution >= 4 is 21.8 Å². The highest BCUT2D eigenvalue weighted by Crippen LogP contribution is 2.28. The molecule has 0 aromatic rings. The fourth-order valence-corrected chi connectivity index (χ4v) is 2.80. The summed E-state index contributed by atoms with van der Waals surface area (Å²) in [6.07, 6.45) is 3.73. The molecule has 0 saturated heterocycles. The number of alkyl halides is 3. The molecule has 0 aromatic heterocycles. The fraction of sp³-hybridized carbons (Fsp3) is 0.917. The summed E-state index contributed by atoms with van der Waals surface area (Å²) in [6.45, 7) is -0.0665. The lowest BCUT2D eigenvalue weighted by atomic mass is 10.0. The fourth-order valence-electron chi connectivity index (χ4n) is 2.37. The lowest BCUT2D eigenvalue weighted by Crippen LogP contribution is -2.36. The van der Waals surface area contributed by atoms with E-state index in [2.05, 4.69) is 15.9 Å². The number of carbonyl (C=O) groups is 1. The van der Waals surface area contributed by atoms with Gasteiger partial charge in [0.25, 0.3) is 6.43 Å². The predicted molar refractivity (Wildman–Crippen MR) is 67.6 cm³/mol. The van der Waals surface area contributed by atoms with Gasteiger partial charge in [0.05, 0.1) is 6.54 Å². The van der Waals surface area contributed by atoms with Gasteiger partial charge in [-0.15, -0.1) is 0 Å². The van der Waals surface area contributed by atoms with Gasteiger partial charge in [-0.1, -0.05) is 41.6 Å². The molecule has 5 heteroatoms. The molecular weight excluding hydrogens is 292 g/mol. The van der Waals surface area contributed by atoms with Crippen molar-refractivity contribution in [3.8, 4) is 0 Å². The third kappa shape index (κ3) is 5.80. The summed E-state index contributed by atoms with van der Waals surface area (Å²) in [5, 5.41) is 0.550. The van der Waals surface area contributed by atoms with E-state index in [9.17, 15) is 13.6 Å². The summed E-state index contributed by atoms with van der Waals surface area (Å²) in [6, 6.07) is 0. The van der Waals surface area contributed by atoms with Crippen molar-refractivity contribution in [1.29, 1.82) is 0 Å². The van der Waals surface area contributed by atoms with Crippen molar-refractivity contribution in [2.45, 2.75) is 45.0 Å². The minimum Gasteiger partial charge on any atom is -0.336 e. The standard InChI is InChI=1S/C12H20BrF2NO/c13-7-8-16(9-11(14)15)12(17)6-5-10-3-1-2-4-10/h10-11H,1-9H2. The minimum atomic E-state index is -2.44. The zero-order valence-corrected chi connectivity index (χ0v) is 11.6. The summed E-state index contributed by atoms with van der Waals surface area (Å²) >= 11 is 3.19. The maximum Gasteiger partial charge on any atom is 0.255 e. The van der Waals surface area contributed by atoms with Crippen molar-refractivity contribution in [2.75, 3.05) is 18.4 Å². The minimum absolute atomic E-state index is 0.128. The molecule has 0 bridgehead atoms. The van der Waals surface area contributed by atoms with E-state index in [0.717, 1.165) is 6.42 Å². The van der Waals surface area contributed by atoms with Crippen LogP contribution in [0.5, 0.6) is 0 Å². The van der Waals surface area contributed by atoms with Crippen LogP contribution < -0.4 is 0 Å². The number of halogens is 3. The van der Waals surface area contributed by atoms with Gasteiger partial charge in [-0.05, 0) is 12.3 Å². The van der Waals surface area contributed by atoms with E-state index in [-0.39, 0.29) is 5.91 Å². The molecule has 2 nitrogen and oxygen atoms in total. The molecule has 0 unspecified atom stereocenters. The average Bonchev–Trinajstić information content (AvgIpc) is 2.77. The van der Waals surface area contributed by atoms with Crippen LogP contribution >= 0.6 is 15.9 Å². The Kier molecular flexibility index (Phi) is 7.00. The van der Waals surface area contributed by atoms with Gasteiger partial charge in [0.1, 0.15) is 0 Å². The van der Waals surface area contributed by atoms with Crippen molar-refractivity contribution in [1.82, 2.24) is 4.90 Å². The van der Waals surface area contributed by atoms with Gasteiger partial charge in [0, 0.05) is 18.3 Å². The number of amides is 1. The van der Waals surface area contributed by atoms with Crippen LogP contribution in [0.4, 0.5) is 8.78 Å². The summed E-state index contributed by atoms with van der Waals surface area (Å²) in [5.74, 6) is 0.507. The summed E-state index contributed by atoms with van der Waals surface area (Å²) in [5.41, 5.74) is 0. The first-order chi connectivity index (χ1) is 8.13. The molecule has 17 heavy (non-hydrogen) atoms. The zero-order chi connectivity index (χ0) is 12.7. The first-order valence-electron chi connectivity index (χ1n) is 6.25. The average molecular weight is 312 g/mol. The maximum absolute atomic E-state index is 12.3. The molecule has 1 fully saturated rings. The molecule has 0 N–H and O–H groups in total. The van der Waals surface area contributed by atoms with E-state index >= 15 is 0 Å². The Labute approximate surface area is 110 Å². The second-order valence-corrected chi connectivity index (χ2v) is 5.40. The molecule has 0 atom stereocenters. The van der Waals surface area contributed by atoms with E-state index in [4.69, 9.17) is 0 Å². The van der Waals surface area contributed by atoms with Gasteiger partial charge in [0.2, 0.25) is 5.91 Å². The quantitative estimate of drug-likeness (QED) is 0.659. The molecule has 0 heterocycles. The SMILES string of the molecule is O=C(CCC1CCCC1)N(CCBr)CC(F)F. The molecule has 1 aliphatic rings. The van der Waals surface area contributed by atoms with Crippen LogP contribution in [0.1, 0.15) is 38.5 Å². The summed E-state index contributed by atoms with van der Waals surface area (Å²) < 4.78 is 24.6. The number of hydrogen-bond acceptors (Lipinski definition) is 1. The van der Waals surface area contributed by atoms with Crippen molar-refractivity contribution in [3.63, 3.8) is 0 Å². The van der Waals surface area contributed by atoms with Crippen LogP contribution in [0.25, 0.3) is 0 Å². The Morgan fingerprint density at radius 2 is 2.00 bits per heavy atom. The maximum atomic E-state index is 12.3. The lowest BCUT2D eigenvalue weighted by Gasteiger charge is -2.22. The third-order valence-corrected chi connectivity index (χ3v) is 3.66. The Bertz CT molecular complexity index is 233. The highest BCUT2D eigenvalue weighted by atomic mass is 79.9. The van der Waals surface area contributed by atoms with Gasteiger partial charge in [0.15, 0.2) is 0 Å². The zero-order valence-electron chi connectivity index (χ0n) is 10.0. The van der Waals surface area contributed by atoms with Crippen LogP contribution in [0, 0.1) is 5.92 Å². The van der Waals surface area contributed by atoms with Gasteiger partial charge >= 0.3 is 0 Å². The van der Waals surface area contributed by atoms with E-state index in [0.29, 0.717) is 24.2 Å². The molecule has 0 spiro atoms. The van der Waals surface area contributed by atoms with Crippen molar-refractivity contribution < 1.29 is 13.6 Å². The summed E-state index contributed by atoms with van der Waals surface area (Å²) in [4.78, 5) is 13.1. The van der Waals surface area contributed by atoms with Crippen molar-refractivity contribution in [2.24, 2.45) is 5.92 Å². The Hall–Kier alpha value is -0.190. The van der Waals surface area contributed by atoms with E-state index in [1.54, 1.807) is 0 Å². The highest BCUT2D eigenvalue weighted by Gasteiger charge is 2.20. The molecule has 1 saturated carbocycles. The molecule has 100 valence electrons. The second-order valence-electron chi connectivity index (χ2n) is 4.61.